The largest absolute Gasteiger partial charge is 0.507 e. The second-order valence-electron chi connectivity index (χ2n) is 14.6. The van der Waals surface area contributed by atoms with Crippen LogP contribution in [0.2, 0.25) is 0 Å². The van der Waals surface area contributed by atoms with E-state index in [0.29, 0.717) is 35.4 Å². The van der Waals surface area contributed by atoms with Crippen molar-refractivity contribution in [2.75, 3.05) is 19.8 Å². The zero-order valence-electron chi connectivity index (χ0n) is 32.0. The van der Waals surface area contributed by atoms with Gasteiger partial charge in [-0.05, 0) is 56.9 Å². The molecule has 2 N–H and O–H groups in total. The van der Waals surface area contributed by atoms with Crippen LogP contribution in [0.15, 0.2) is 78.9 Å². The Morgan fingerprint density at radius 3 is 1.79 bits per heavy atom. The minimum atomic E-state index is -0.821. The Morgan fingerprint density at radius 1 is 0.654 bits per heavy atom. The number of ether oxygens (including phenoxy) is 2. The van der Waals surface area contributed by atoms with Crippen LogP contribution < -0.4 is 4.74 Å². The summed E-state index contributed by atoms with van der Waals surface area (Å²) in [5, 5.41) is 22.5. The summed E-state index contributed by atoms with van der Waals surface area (Å²) in [7, 11) is 0. The Bertz CT molecular complexity index is 1870. The van der Waals surface area contributed by atoms with E-state index in [9.17, 15) is 10.2 Å². The van der Waals surface area contributed by atoms with E-state index in [4.69, 9.17) is 24.4 Å². The zero-order chi connectivity index (χ0) is 37.3. The van der Waals surface area contributed by atoms with Gasteiger partial charge in [0, 0.05) is 34.8 Å². The molecule has 1 aromatic heterocycles. The number of nitrogens with zero attached hydrogens (tertiary/aromatic N) is 3. The standard InChI is InChI=1S/C45H55N3O4/c1-8-9-10-11-12-16-23-51-28-35(49)29-52-41-27-40(50)38(26-39(41)45(6,7)34-17-14-13-15-18-34)44-47-42(36-21-19-30(2)24-32(36)4)46-43(48-44)37-22-20-31(3)25-33(37)5/h13-15,17-22,24-27,35,49-50H,8-12,16,23,28-29H2,1-7H3. The molecule has 0 saturated heterocycles. The number of hydrogen-bond donors (Lipinski definition) is 2. The molecule has 52 heavy (non-hydrogen) atoms. The molecule has 0 spiro atoms. The van der Waals surface area contributed by atoms with E-state index in [1.54, 1.807) is 6.07 Å². The van der Waals surface area contributed by atoms with E-state index in [-0.39, 0.29) is 19.0 Å². The quantitative estimate of drug-likeness (QED) is 0.0932. The van der Waals surface area contributed by atoms with Gasteiger partial charge >= 0.3 is 0 Å². The molecule has 1 atom stereocenters. The molecule has 5 aromatic rings. The van der Waals surface area contributed by atoms with Gasteiger partial charge in [0.15, 0.2) is 17.5 Å². The number of aromatic nitrogens is 3. The highest BCUT2D eigenvalue weighted by Crippen LogP contribution is 2.43. The van der Waals surface area contributed by atoms with Gasteiger partial charge in [-0.1, -0.05) is 131 Å². The molecule has 0 bridgehead atoms. The second-order valence-corrected chi connectivity index (χ2v) is 14.6. The molecule has 4 aromatic carbocycles. The number of aryl methyl sites for hydroxylation is 4. The number of aliphatic hydroxyl groups is 1. The van der Waals surface area contributed by atoms with Crippen LogP contribution in [0.3, 0.4) is 0 Å². The first-order chi connectivity index (χ1) is 25.0. The highest BCUT2D eigenvalue weighted by molar-refractivity contribution is 5.74. The van der Waals surface area contributed by atoms with Crippen molar-refractivity contribution in [2.45, 2.75) is 98.5 Å². The average molecular weight is 702 g/mol. The van der Waals surface area contributed by atoms with E-state index >= 15 is 0 Å². The van der Waals surface area contributed by atoms with Crippen molar-refractivity contribution >= 4 is 0 Å². The summed E-state index contributed by atoms with van der Waals surface area (Å²) in [6.45, 7) is 15.5. The molecule has 0 saturated carbocycles. The number of phenols is 1. The summed E-state index contributed by atoms with van der Waals surface area (Å²) in [5.41, 5.74) is 8.03. The third kappa shape index (κ3) is 9.64. The molecule has 1 unspecified atom stereocenters. The number of aliphatic hydroxyl groups excluding tert-OH is 1. The molecular formula is C45H55N3O4. The fraction of sp³-hybridized carbons (Fsp3) is 0.400. The summed E-state index contributed by atoms with van der Waals surface area (Å²) < 4.78 is 12.1. The van der Waals surface area contributed by atoms with Crippen molar-refractivity contribution < 1.29 is 19.7 Å². The topological polar surface area (TPSA) is 97.6 Å². The van der Waals surface area contributed by atoms with E-state index in [1.807, 2.05) is 36.4 Å². The first kappa shape index (κ1) is 38.6. The van der Waals surface area contributed by atoms with Gasteiger partial charge in [0.05, 0.1) is 12.2 Å². The molecule has 0 aliphatic carbocycles. The lowest BCUT2D eigenvalue weighted by molar-refractivity contribution is 0.0106. The number of phenolic OH excluding ortho intramolecular Hbond substituents is 1. The molecule has 0 aliphatic rings. The van der Waals surface area contributed by atoms with Crippen LogP contribution in [0.5, 0.6) is 11.5 Å². The van der Waals surface area contributed by atoms with Gasteiger partial charge in [-0.25, -0.2) is 15.0 Å². The highest BCUT2D eigenvalue weighted by Gasteiger charge is 2.30. The molecule has 5 rings (SSSR count). The fourth-order valence-electron chi connectivity index (χ4n) is 6.67. The Balaban J connectivity index is 1.52. The smallest absolute Gasteiger partial charge is 0.167 e. The molecule has 0 aliphatic heterocycles. The van der Waals surface area contributed by atoms with Crippen LogP contribution in [0.1, 0.15) is 92.7 Å². The number of unbranched alkanes of at least 4 members (excludes halogenated alkanes) is 5. The van der Waals surface area contributed by atoms with Crippen LogP contribution in [0.25, 0.3) is 34.2 Å². The first-order valence-electron chi connectivity index (χ1n) is 18.7. The summed E-state index contributed by atoms with van der Waals surface area (Å²) in [6.07, 6.45) is 6.27. The van der Waals surface area contributed by atoms with Gasteiger partial charge < -0.3 is 19.7 Å². The average Bonchev–Trinajstić information content (AvgIpc) is 3.12. The van der Waals surface area contributed by atoms with Crippen LogP contribution >= 0.6 is 0 Å². The minimum absolute atomic E-state index is 0.0204. The van der Waals surface area contributed by atoms with E-state index in [2.05, 4.69) is 84.9 Å². The first-order valence-corrected chi connectivity index (χ1v) is 18.7. The maximum absolute atomic E-state index is 11.7. The molecule has 7 heteroatoms. The Kier molecular flexibility index (Phi) is 13.2. The second kappa shape index (κ2) is 17.8. The zero-order valence-corrected chi connectivity index (χ0v) is 32.0. The van der Waals surface area contributed by atoms with Gasteiger partial charge in [0.2, 0.25) is 0 Å². The number of rotatable bonds is 17. The van der Waals surface area contributed by atoms with E-state index < -0.39 is 11.5 Å². The third-order valence-corrected chi connectivity index (χ3v) is 9.77. The molecule has 274 valence electrons. The summed E-state index contributed by atoms with van der Waals surface area (Å²) >= 11 is 0. The lowest BCUT2D eigenvalue weighted by Crippen LogP contribution is -2.26. The van der Waals surface area contributed by atoms with Crippen molar-refractivity contribution in [1.29, 1.82) is 0 Å². The molecule has 0 amide bonds. The Morgan fingerprint density at radius 2 is 1.21 bits per heavy atom. The fourth-order valence-corrected chi connectivity index (χ4v) is 6.67. The van der Waals surface area contributed by atoms with Crippen LogP contribution in [0.4, 0.5) is 0 Å². The van der Waals surface area contributed by atoms with Crippen molar-refractivity contribution in [1.82, 2.24) is 15.0 Å². The molecule has 1 heterocycles. The van der Waals surface area contributed by atoms with Crippen molar-refractivity contribution in [2.24, 2.45) is 0 Å². The van der Waals surface area contributed by atoms with Crippen LogP contribution in [-0.4, -0.2) is 51.1 Å². The SMILES string of the molecule is CCCCCCCCOCC(O)COc1cc(O)c(-c2nc(-c3ccc(C)cc3C)nc(-c3ccc(C)cc3C)n2)cc1C(C)(C)c1ccccc1. The van der Waals surface area contributed by atoms with Crippen molar-refractivity contribution in [3.8, 4) is 45.7 Å². The highest BCUT2D eigenvalue weighted by atomic mass is 16.5. The van der Waals surface area contributed by atoms with Gasteiger partial charge in [-0.2, -0.15) is 0 Å². The number of benzene rings is 4. The molecular weight excluding hydrogens is 647 g/mol. The van der Waals surface area contributed by atoms with Gasteiger partial charge in [-0.3, -0.25) is 0 Å². The lowest BCUT2D eigenvalue weighted by Gasteiger charge is -2.29. The van der Waals surface area contributed by atoms with Crippen molar-refractivity contribution in [3.05, 3.63) is 112 Å². The van der Waals surface area contributed by atoms with Gasteiger partial charge in [0.25, 0.3) is 0 Å². The van der Waals surface area contributed by atoms with Crippen LogP contribution in [0, 0.1) is 27.7 Å². The van der Waals surface area contributed by atoms with Gasteiger partial charge in [0.1, 0.15) is 24.2 Å². The monoisotopic (exact) mass is 701 g/mol. The van der Waals surface area contributed by atoms with E-state index in [0.717, 1.165) is 57.3 Å². The predicted octanol–water partition coefficient (Wildman–Crippen LogP) is 10.3. The number of hydrogen-bond acceptors (Lipinski definition) is 7. The summed E-state index contributed by atoms with van der Waals surface area (Å²) in [6, 6.07) is 26.2. The number of aromatic hydroxyl groups is 1. The van der Waals surface area contributed by atoms with E-state index in [1.165, 1.54) is 25.7 Å². The predicted molar refractivity (Wildman–Crippen MR) is 211 cm³/mol. The van der Waals surface area contributed by atoms with Gasteiger partial charge in [-0.15, -0.1) is 0 Å². The maximum atomic E-state index is 11.7. The molecule has 0 fully saturated rings. The Labute approximate surface area is 310 Å². The Hall–Kier alpha value is -4.59. The lowest BCUT2D eigenvalue weighted by atomic mass is 9.77. The minimum Gasteiger partial charge on any atom is -0.507 e. The normalized spacial score (nSPS) is 12.2. The van der Waals surface area contributed by atoms with Crippen molar-refractivity contribution in [3.63, 3.8) is 0 Å². The molecule has 0 radical (unpaired) electrons. The third-order valence-electron chi connectivity index (χ3n) is 9.77. The maximum Gasteiger partial charge on any atom is 0.167 e. The summed E-state index contributed by atoms with van der Waals surface area (Å²) in [4.78, 5) is 15.0. The van der Waals surface area contributed by atoms with Crippen LogP contribution in [-0.2, 0) is 10.2 Å². The summed E-state index contributed by atoms with van der Waals surface area (Å²) in [5.74, 6) is 1.87. The molecule has 7 nitrogen and oxygen atoms in total.